The number of aliphatic hydroxyl groups excluding tert-OH is 1. The molecule has 0 heterocycles. The van der Waals surface area contributed by atoms with E-state index in [0.717, 1.165) is 29.4 Å². The molecule has 0 fully saturated rings. The van der Waals surface area contributed by atoms with Crippen LogP contribution in [-0.2, 0) is 11.2 Å². The number of rotatable bonds is 7. The van der Waals surface area contributed by atoms with Gasteiger partial charge in [0.2, 0.25) is 5.91 Å². The molecule has 0 radical (unpaired) electrons. The zero-order chi connectivity index (χ0) is 13.4. The van der Waals surface area contributed by atoms with Crippen LogP contribution in [0.25, 0.3) is 0 Å². The first-order chi connectivity index (χ1) is 8.67. The average Bonchev–Trinajstić information content (AvgIpc) is 2.34. The maximum atomic E-state index is 12.1. The highest BCUT2D eigenvalue weighted by Gasteiger charge is 2.12. The third-order valence-corrected chi connectivity index (χ3v) is 3.24. The van der Waals surface area contributed by atoms with E-state index in [1.165, 1.54) is 0 Å². The minimum atomic E-state index is 0.0218. The van der Waals surface area contributed by atoms with Gasteiger partial charge in [-0.25, -0.2) is 0 Å². The average molecular weight is 314 g/mol. The maximum Gasteiger partial charge on any atom is 0.227 e. The van der Waals surface area contributed by atoms with E-state index in [1.807, 2.05) is 24.3 Å². The monoisotopic (exact) mass is 313 g/mol. The Kier molecular flexibility index (Phi) is 6.98. The van der Waals surface area contributed by atoms with Crippen LogP contribution < -0.4 is 0 Å². The molecule has 3 nitrogen and oxygen atoms in total. The van der Waals surface area contributed by atoms with Crippen LogP contribution in [0.2, 0.25) is 0 Å². The Bertz CT molecular complexity index is 382. The van der Waals surface area contributed by atoms with E-state index in [0.29, 0.717) is 13.0 Å². The molecule has 0 unspecified atom stereocenters. The number of unbranched alkanes of at least 4 members (excludes halogenated alkanes) is 1. The fourth-order valence-corrected chi connectivity index (χ4v) is 2.21. The van der Waals surface area contributed by atoms with Gasteiger partial charge in [0.1, 0.15) is 0 Å². The van der Waals surface area contributed by atoms with Crippen LogP contribution in [0.1, 0.15) is 25.3 Å². The second-order valence-corrected chi connectivity index (χ2v) is 5.18. The van der Waals surface area contributed by atoms with Crippen molar-refractivity contribution in [1.82, 2.24) is 4.90 Å². The van der Waals surface area contributed by atoms with Crippen molar-refractivity contribution in [2.45, 2.75) is 26.2 Å². The lowest BCUT2D eigenvalue weighted by molar-refractivity contribution is -0.131. The molecule has 0 aromatic heterocycles. The van der Waals surface area contributed by atoms with Crippen molar-refractivity contribution in [3.8, 4) is 0 Å². The second kappa shape index (κ2) is 8.27. The molecular weight excluding hydrogens is 294 g/mol. The smallest absolute Gasteiger partial charge is 0.227 e. The topological polar surface area (TPSA) is 40.5 Å². The van der Waals surface area contributed by atoms with Gasteiger partial charge in [-0.3, -0.25) is 4.79 Å². The van der Waals surface area contributed by atoms with Crippen molar-refractivity contribution in [2.24, 2.45) is 0 Å². The SMILES string of the molecule is CCCCN(CCO)C(=O)Cc1cccc(Br)c1. The summed E-state index contributed by atoms with van der Waals surface area (Å²) >= 11 is 3.40. The van der Waals surface area contributed by atoms with Gasteiger partial charge in [0.05, 0.1) is 13.0 Å². The molecule has 0 aliphatic heterocycles. The van der Waals surface area contributed by atoms with Crippen molar-refractivity contribution in [3.05, 3.63) is 34.3 Å². The van der Waals surface area contributed by atoms with Crippen LogP contribution in [-0.4, -0.2) is 35.6 Å². The Labute approximate surface area is 117 Å². The van der Waals surface area contributed by atoms with E-state index in [2.05, 4.69) is 22.9 Å². The fourth-order valence-electron chi connectivity index (χ4n) is 1.76. The molecule has 0 aliphatic carbocycles. The first-order valence-electron chi connectivity index (χ1n) is 6.30. The van der Waals surface area contributed by atoms with Crippen molar-refractivity contribution >= 4 is 21.8 Å². The largest absolute Gasteiger partial charge is 0.395 e. The van der Waals surface area contributed by atoms with Gasteiger partial charge < -0.3 is 10.0 Å². The van der Waals surface area contributed by atoms with Gasteiger partial charge in [-0.05, 0) is 24.1 Å². The van der Waals surface area contributed by atoms with Gasteiger partial charge in [-0.1, -0.05) is 41.4 Å². The summed E-state index contributed by atoms with van der Waals surface area (Å²) in [5.74, 6) is 0.0793. The van der Waals surface area contributed by atoms with Gasteiger partial charge in [-0.2, -0.15) is 0 Å². The maximum absolute atomic E-state index is 12.1. The fraction of sp³-hybridized carbons (Fsp3) is 0.500. The lowest BCUT2D eigenvalue weighted by Gasteiger charge is -2.21. The molecule has 1 rings (SSSR count). The predicted octanol–water partition coefficient (Wildman–Crippen LogP) is 2.61. The highest BCUT2D eigenvalue weighted by Crippen LogP contribution is 2.13. The third kappa shape index (κ3) is 5.19. The van der Waals surface area contributed by atoms with Crippen LogP contribution in [0.4, 0.5) is 0 Å². The quantitative estimate of drug-likeness (QED) is 0.840. The van der Waals surface area contributed by atoms with Crippen LogP contribution in [0.15, 0.2) is 28.7 Å². The highest BCUT2D eigenvalue weighted by atomic mass is 79.9. The molecule has 1 aromatic rings. The number of nitrogens with zero attached hydrogens (tertiary/aromatic N) is 1. The van der Waals surface area contributed by atoms with E-state index in [-0.39, 0.29) is 12.5 Å². The Morgan fingerprint density at radius 3 is 2.78 bits per heavy atom. The zero-order valence-corrected chi connectivity index (χ0v) is 12.3. The summed E-state index contributed by atoms with van der Waals surface area (Å²) in [6, 6.07) is 7.76. The Morgan fingerprint density at radius 1 is 1.39 bits per heavy atom. The number of carbonyl (C=O) groups is 1. The molecule has 0 saturated carbocycles. The molecule has 1 aromatic carbocycles. The number of benzene rings is 1. The molecule has 1 amide bonds. The molecule has 4 heteroatoms. The van der Waals surface area contributed by atoms with E-state index in [9.17, 15) is 4.79 Å². The number of amides is 1. The zero-order valence-electron chi connectivity index (χ0n) is 10.7. The number of aliphatic hydroxyl groups is 1. The van der Waals surface area contributed by atoms with E-state index < -0.39 is 0 Å². The second-order valence-electron chi connectivity index (χ2n) is 4.26. The van der Waals surface area contributed by atoms with Crippen molar-refractivity contribution < 1.29 is 9.90 Å². The molecule has 0 aliphatic rings. The summed E-state index contributed by atoms with van der Waals surface area (Å²) in [5, 5.41) is 8.99. The van der Waals surface area contributed by atoms with E-state index >= 15 is 0 Å². The van der Waals surface area contributed by atoms with Crippen molar-refractivity contribution in [3.63, 3.8) is 0 Å². The number of carbonyl (C=O) groups excluding carboxylic acids is 1. The Balaban J connectivity index is 2.60. The third-order valence-electron chi connectivity index (χ3n) is 2.75. The molecule has 1 N–H and O–H groups in total. The van der Waals surface area contributed by atoms with Crippen LogP contribution >= 0.6 is 15.9 Å². The molecular formula is C14H20BrNO2. The standard InChI is InChI=1S/C14H20BrNO2/c1-2-3-7-16(8-9-17)14(18)11-12-5-4-6-13(15)10-12/h4-6,10,17H,2-3,7-9,11H2,1H3. The number of hydrogen-bond donors (Lipinski definition) is 1. The lowest BCUT2D eigenvalue weighted by Crippen LogP contribution is -2.35. The van der Waals surface area contributed by atoms with Crippen LogP contribution in [0.5, 0.6) is 0 Å². The van der Waals surface area contributed by atoms with Gasteiger partial charge in [0, 0.05) is 17.6 Å². The predicted molar refractivity (Wildman–Crippen MR) is 76.4 cm³/mol. The molecule has 18 heavy (non-hydrogen) atoms. The number of halogens is 1. The summed E-state index contributed by atoms with van der Waals surface area (Å²) in [6.45, 7) is 3.26. The van der Waals surface area contributed by atoms with E-state index in [1.54, 1.807) is 4.90 Å². The van der Waals surface area contributed by atoms with E-state index in [4.69, 9.17) is 5.11 Å². The minimum Gasteiger partial charge on any atom is -0.395 e. The van der Waals surface area contributed by atoms with Crippen molar-refractivity contribution in [2.75, 3.05) is 19.7 Å². The van der Waals surface area contributed by atoms with Gasteiger partial charge >= 0.3 is 0 Å². The summed E-state index contributed by atoms with van der Waals surface area (Å²) in [4.78, 5) is 13.9. The first-order valence-corrected chi connectivity index (χ1v) is 7.09. The highest BCUT2D eigenvalue weighted by molar-refractivity contribution is 9.10. The van der Waals surface area contributed by atoms with Gasteiger partial charge in [0.25, 0.3) is 0 Å². The molecule has 100 valence electrons. The first kappa shape index (κ1) is 15.2. The van der Waals surface area contributed by atoms with Crippen LogP contribution in [0.3, 0.4) is 0 Å². The molecule has 0 bridgehead atoms. The number of hydrogen-bond acceptors (Lipinski definition) is 2. The summed E-state index contributed by atoms with van der Waals surface area (Å²) < 4.78 is 0.982. The molecule has 0 spiro atoms. The molecule has 0 saturated heterocycles. The van der Waals surface area contributed by atoms with Crippen LogP contribution in [0, 0.1) is 0 Å². The van der Waals surface area contributed by atoms with Gasteiger partial charge in [0.15, 0.2) is 0 Å². The Hall–Kier alpha value is -0.870. The normalized spacial score (nSPS) is 10.4. The van der Waals surface area contributed by atoms with Crippen molar-refractivity contribution in [1.29, 1.82) is 0 Å². The molecule has 0 atom stereocenters. The summed E-state index contributed by atoms with van der Waals surface area (Å²) in [5.41, 5.74) is 0.994. The van der Waals surface area contributed by atoms with Gasteiger partial charge in [-0.15, -0.1) is 0 Å². The lowest BCUT2D eigenvalue weighted by atomic mass is 10.1. The summed E-state index contributed by atoms with van der Waals surface area (Å²) in [7, 11) is 0. The Morgan fingerprint density at radius 2 is 2.17 bits per heavy atom. The minimum absolute atomic E-state index is 0.0218. The summed E-state index contributed by atoms with van der Waals surface area (Å²) in [6.07, 6.45) is 2.42.